The number of ether oxygens (including phenoxy) is 1. The number of hydrogen-bond acceptors (Lipinski definition) is 9. The molecule has 0 spiro atoms. The number of hydrogen-bond donors (Lipinski definition) is 2. The zero-order chi connectivity index (χ0) is 27.5. The standard InChI is InChI=1S/C27H32N3O7P/c1-18-23(26(31)35-14-13-28-21-10-6-5-7-11-21)24(20-9-8-12-22(15-20)30(32)33)25(19(2)29-18)38(34)36-16-27(3,4)17-37-38/h5-12,15,24,28-29H,13-14,16-17H2,1-4H3/t24-/m0/s1. The van der Waals surface area contributed by atoms with Crippen molar-refractivity contribution in [2.75, 3.05) is 31.7 Å². The first-order chi connectivity index (χ1) is 18.0. The van der Waals surface area contributed by atoms with Crippen LogP contribution in [0.15, 0.2) is 76.9 Å². The summed E-state index contributed by atoms with van der Waals surface area (Å²) in [7, 11) is -3.87. The lowest BCUT2D eigenvalue weighted by Crippen LogP contribution is -2.34. The van der Waals surface area contributed by atoms with Crippen LogP contribution in [0, 0.1) is 15.5 Å². The highest BCUT2D eigenvalue weighted by Crippen LogP contribution is 2.66. The molecule has 202 valence electrons. The van der Waals surface area contributed by atoms with Gasteiger partial charge in [0.15, 0.2) is 0 Å². The van der Waals surface area contributed by atoms with Crippen molar-refractivity contribution in [3.8, 4) is 0 Å². The van der Waals surface area contributed by atoms with Crippen LogP contribution < -0.4 is 10.6 Å². The smallest absolute Gasteiger partial charge is 0.360 e. The summed E-state index contributed by atoms with van der Waals surface area (Å²) in [6, 6.07) is 15.4. The molecule has 0 unspecified atom stereocenters. The molecule has 2 heterocycles. The minimum Gasteiger partial charge on any atom is -0.460 e. The van der Waals surface area contributed by atoms with E-state index in [-0.39, 0.29) is 41.8 Å². The zero-order valence-electron chi connectivity index (χ0n) is 21.9. The number of esters is 1. The number of carbonyl (C=O) groups is 1. The maximum atomic E-state index is 14.1. The van der Waals surface area contributed by atoms with E-state index in [1.165, 1.54) is 18.2 Å². The molecule has 4 rings (SSSR count). The molecule has 0 radical (unpaired) electrons. The summed E-state index contributed by atoms with van der Waals surface area (Å²) < 4.78 is 31.4. The lowest BCUT2D eigenvalue weighted by Gasteiger charge is -2.39. The summed E-state index contributed by atoms with van der Waals surface area (Å²) in [6.07, 6.45) is 0. The lowest BCUT2D eigenvalue weighted by atomic mass is 9.86. The molecule has 2 aromatic carbocycles. The molecule has 11 heteroatoms. The van der Waals surface area contributed by atoms with E-state index in [1.54, 1.807) is 19.9 Å². The largest absolute Gasteiger partial charge is 0.460 e. The van der Waals surface area contributed by atoms with Crippen molar-refractivity contribution in [2.24, 2.45) is 5.41 Å². The molecule has 2 aliphatic heterocycles. The van der Waals surface area contributed by atoms with E-state index in [0.717, 1.165) is 5.69 Å². The second-order valence-electron chi connectivity index (χ2n) is 10.1. The number of nitrogens with one attached hydrogen (secondary N) is 2. The van der Waals surface area contributed by atoms with Crippen LogP contribution >= 0.6 is 7.60 Å². The van der Waals surface area contributed by atoms with Gasteiger partial charge >= 0.3 is 13.6 Å². The lowest BCUT2D eigenvalue weighted by molar-refractivity contribution is -0.384. The first-order valence-corrected chi connectivity index (χ1v) is 13.8. The molecule has 1 atom stereocenters. The highest BCUT2D eigenvalue weighted by molar-refractivity contribution is 7.58. The van der Waals surface area contributed by atoms with Crippen molar-refractivity contribution in [3.05, 3.63) is 92.6 Å². The molecule has 0 aromatic heterocycles. The minimum absolute atomic E-state index is 0.0725. The van der Waals surface area contributed by atoms with Gasteiger partial charge in [0.1, 0.15) is 6.61 Å². The van der Waals surface area contributed by atoms with E-state index in [0.29, 0.717) is 23.5 Å². The molecule has 0 bridgehead atoms. The number of nitrogens with zero attached hydrogens (tertiary/aromatic N) is 1. The van der Waals surface area contributed by atoms with E-state index >= 15 is 0 Å². The summed E-state index contributed by atoms with van der Waals surface area (Å²) in [5, 5.41) is 18.1. The molecule has 1 fully saturated rings. The summed E-state index contributed by atoms with van der Waals surface area (Å²) in [6.45, 7) is 8.14. The number of nitro benzene ring substituents is 1. The molecule has 0 aliphatic carbocycles. The molecule has 38 heavy (non-hydrogen) atoms. The second kappa shape index (κ2) is 11.1. The summed E-state index contributed by atoms with van der Waals surface area (Å²) in [5.74, 6) is -1.56. The molecule has 2 N–H and O–H groups in total. The fourth-order valence-electron chi connectivity index (χ4n) is 4.47. The first kappa shape index (κ1) is 27.6. The van der Waals surface area contributed by atoms with Crippen molar-refractivity contribution < 1.29 is 28.1 Å². The Hall–Kier alpha value is -3.46. The Morgan fingerprint density at radius 2 is 1.82 bits per heavy atom. The number of nitro groups is 1. The SMILES string of the molecule is CC1=C(C(=O)OCCNc2ccccc2)[C@H](c2cccc([N+](=O)[O-])c2)C(P2(=O)OCC(C)(C)CO2)=C(C)N1. The van der Waals surface area contributed by atoms with Gasteiger partial charge in [-0.05, 0) is 31.5 Å². The van der Waals surface area contributed by atoms with Crippen LogP contribution in [-0.4, -0.2) is 37.3 Å². The van der Waals surface area contributed by atoms with Gasteiger partial charge in [-0.25, -0.2) is 4.79 Å². The van der Waals surface area contributed by atoms with Crippen LogP contribution in [0.2, 0.25) is 0 Å². The van der Waals surface area contributed by atoms with Crippen LogP contribution in [0.25, 0.3) is 0 Å². The van der Waals surface area contributed by atoms with E-state index in [4.69, 9.17) is 13.8 Å². The Bertz CT molecular complexity index is 1320. The Morgan fingerprint density at radius 3 is 2.47 bits per heavy atom. The predicted molar refractivity (Wildman–Crippen MR) is 144 cm³/mol. The molecular weight excluding hydrogens is 509 g/mol. The van der Waals surface area contributed by atoms with E-state index in [1.807, 2.05) is 44.2 Å². The number of benzene rings is 2. The Balaban J connectivity index is 1.67. The van der Waals surface area contributed by atoms with Crippen LogP contribution in [-0.2, 0) is 23.1 Å². The third-order valence-corrected chi connectivity index (χ3v) is 8.47. The molecule has 10 nitrogen and oxygen atoms in total. The summed E-state index contributed by atoms with van der Waals surface area (Å²) >= 11 is 0. The summed E-state index contributed by atoms with van der Waals surface area (Å²) in [4.78, 5) is 24.5. The quantitative estimate of drug-likeness (QED) is 0.142. The molecule has 0 saturated carbocycles. The number of rotatable bonds is 8. The Morgan fingerprint density at radius 1 is 1.13 bits per heavy atom. The monoisotopic (exact) mass is 541 g/mol. The number of non-ortho nitro benzene ring substituents is 1. The molecule has 0 amide bonds. The van der Waals surface area contributed by atoms with Crippen molar-refractivity contribution in [1.29, 1.82) is 0 Å². The summed E-state index contributed by atoms with van der Waals surface area (Å²) in [5.41, 5.74) is 2.00. The average molecular weight is 542 g/mol. The van der Waals surface area contributed by atoms with Gasteiger partial charge in [-0.1, -0.05) is 44.2 Å². The minimum atomic E-state index is -3.87. The zero-order valence-corrected chi connectivity index (χ0v) is 22.7. The van der Waals surface area contributed by atoms with Gasteiger partial charge in [0.2, 0.25) is 0 Å². The fraction of sp³-hybridized carbons (Fsp3) is 0.370. The van der Waals surface area contributed by atoms with Crippen LogP contribution in [0.5, 0.6) is 0 Å². The maximum Gasteiger partial charge on any atom is 0.360 e. The van der Waals surface area contributed by atoms with Gasteiger partial charge in [-0.3, -0.25) is 14.7 Å². The Kier molecular flexibility index (Phi) is 8.06. The topological polar surface area (TPSA) is 129 Å². The molecule has 1 saturated heterocycles. The molecule has 2 aliphatic rings. The highest BCUT2D eigenvalue weighted by atomic mass is 31.2. The van der Waals surface area contributed by atoms with Crippen molar-refractivity contribution in [3.63, 3.8) is 0 Å². The van der Waals surface area contributed by atoms with Gasteiger partial charge in [0.05, 0.1) is 34.9 Å². The number of anilines is 1. The molecule has 2 aromatic rings. The van der Waals surface area contributed by atoms with Gasteiger partial charge < -0.3 is 24.4 Å². The van der Waals surface area contributed by atoms with Crippen molar-refractivity contribution >= 4 is 24.9 Å². The number of para-hydroxylation sites is 1. The number of allylic oxidation sites excluding steroid dienone is 3. The number of dihydropyridines is 1. The van der Waals surface area contributed by atoms with Gasteiger partial charge in [0, 0.05) is 41.2 Å². The average Bonchev–Trinajstić information content (AvgIpc) is 2.88. The van der Waals surface area contributed by atoms with Crippen molar-refractivity contribution in [1.82, 2.24) is 5.32 Å². The fourth-order valence-corrected chi connectivity index (χ4v) is 6.92. The van der Waals surface area contributed by atoms with E-state index in [2.05, 4.69) is 10.6 Å². The number of carbonyl (C=O) groups excluding carboxylic acids is 1. The second-order valence-corrected chi connectivity index (χ2v) is 12.1. The first-order valence-electron chi connectivity index (χ1n) is 12.3. The Labute approximate surface area is 221 Å². The van der Waals surface area contributed by atoms with E-state index < -0.39 is 24.4 Å². The normalized spacial score (nSPS) is 20.5. The van der Waals surface area contributed by atoms with Crippen LogP contribution in [0.3, 0.4) is 0 Å². The highest BCUT2D eigenvalue weighted by Gasteiger charge is 2.48. The van der Waals surface area contributed by atoms with Gasteiger partial charge in [-0.15, -0.1) is 0 Å². The predicted octanol–water partition coefficient (Wildman–Crippen LogP) is 5.71. The van der Waals surface area contributed by atoms with Crippen LogP contribution in [0.4, 0.5) is 11.4 Å². The van der Waals surface area contributed by atoms with Gasteiger partial charge in [0.25, 0.3) is 5.69 Å². The van der Waals surface area contributed by atoms with Crippen LogP contribution in [0.1, 0.15) is 39.2 Å². The third kappa shape index (κ3) is 5.99. The van der Waals surface area contributed by atoms with Crippen molar-refractivity contribution in [2.45, 2.75) is 33.6 Å². The van der Waals surface area contributed by atoms with Gasteiger partial charge in [-0.2, -0.15) is 0 Å². The maximum absolute atomic E-state index is 14.1. The third-order valence-electron chi connectivity index (χ3n) is 6.34. The molecular formula is C27H32N3O7P. The van der Waals surface area contributed by atoms with E-state index in [9.17, 15) is 19.5 Å².